The molecule has 0 saturated heterocycles. The average Bonchev–Trinajstić information content (AvgIpc) is 2.54. The Morgan fingerprint density at radius 3 is 2.67 bits per heavy atom. The number of hydrogen-bond acceptors (Lipinski definition) is 3. The summed E-state index contributed by atoms with van der Waals surface area (Å²) in [6.45, 7) is 3.98. The Hall–Kier alpha value is -2.42. The van der Waals surface area contributed by atoms with Crippen molar-refractivity contribution in [2.45, 2.75) is 45.6 Å². The fourth-order valence-electron chi connectivity index (χ4n) is 3.31. The first-order chi connectivity index (χ1) is 11.6. The number of allylic oxidation sites excluding steroid dienone is 2. The summed E-state index contributed by atoms with van der Waals surface area (Å²) in [5.74, 6) is 0.161. The van der Waals surface area contributed by atoms with E-state index < -0.39 is 0 Å². The molecular weight excluding hydrogens is 298 g/mol. The number of ketones is 1. The molecule has 2 aromatic rings. The monoisotopic (exact) mass is 321 g/mol. The van der Waals surface area contributed by atoms with Gasteiger partial charge in [0.25, 0.3) is 0 Å². The molecule has 0 aliphatic heterocycles. The maximum absolute atomic E-state index is 12.4. The lowest BCUT2D eigenvalue weighted by Crippen LogP contribution is -2.23. The van der Waals surface area contributed by atoms with Gasteiger partial charge in [-0.3, -0.25) is 9.79 Å². The van der Waals surface area contributed by atoms with Crippen LogP contribution in [0.3, 0.4) is 0 Å². The highest BCUT2D eigenvalue weighted by atomic mass is 16.3. The molecule has 0 radical (unpaired) electrons. The molecule has 24 heavy (non-hydrogen) atoms. The van der Waals surface area contributed by atoms with Crippen molar-refractivity contribution in [1.29, 1.82) is 0 Å². The van der Waals surface area contributed by atoms with Gasteiger partial charge in [-0.15, -0.1) is 0 Å². The molecule has 0 heterocycles. The summed E-state index contributed by atoms with van der Waals surface area (Å²) in [6.07, 6.45) is 2.43. The van der Waals surface area contributed by atoms with Crippen LogP contribution in [0.15, 0.2) is 58.8 Å². The average molecular weight is 321 g/mol. The molecule has 1 N–H and O–H groups in total. The number of Topliss-reactive ketones (excluding diaryl/α,β-unsaturated/α-hetero) is 1. The number of hydrogen-bond donors (Lipinski definition) is 1. The Balaban J connectivity index is 2.03. The number of aliphatic hydroxyl groups excluding tert-OH is 1. The molecule has 2 aromatic carbocycles. The third kappa shape index (κ3) is 3.40. The van der Waals surface area contributed by atoms with Gasteiger partial charge in [0.15, 0.2) is 5.78 Å². The van der Waals surface area contributed by atoms with Crippen molar-refractivity contribution in [1.82, 2.24) is 0 Å². The summed E-state index contributed by atoms with van der Waals surface area (Å²) >= 11 is 0. The first-order valence-corrected chi connectivity index (χ1v) is 8.55. The Labute approximate surface area is 142 Å². The van der Waals surface area contributed by atoms with Crippen LogP contribution in [0.25, 0.3) is 10.8 Å². The quantitative estimate of drug-likeness (QED) is 0.652. The van der Waals surface area contributed by atoms with Gasteiger partial charge in [-0.2, -0.15) is 0 Å². The lowest BCUT2D eigenvalue weighted by Gasteiger charge is -2.19. The predicted octanol–water partition coefficient (Wildman–Crippen LogP) is 4.80. The summed E-state index contributed by atoms with van der Waals surface area (Å²) in [7, 11) is 0. The van der Waals surface area contributed by atoms with Crippen LogP contribution in [0.5, 0.6) is 0 Å². The van der Waals surface area contributed by atoms with Crippen LogP contribution in [0.4, 0.5) is 0 Å². The summed E-state index contributed by atoms with van der Waals surface area (Å²) in [6, 6.07) is 14.3. The number of aliphatic imine (C=N–C) groups is 1. The SMILES string of the molecule is CC(C)N=C1CCCC(=O)C1=C(O)Cc1cccc2ccccc12. The van der Waals surface area contributed by atoms with E-state index in [9.17, 15) is 9.90 Å². The van der Waals surface area contributed by atoms with E-state index >= 15 is 0 Å². The first kappa shape index (κ1) is 16.4. The van der Waals surface area contributed by atoms with Crippen LogP contribution in [0, 0.1) is 0 Å². The van der Waals surface area contributed by atoms with Crippen molar-refractivity contribution >= 4 is 22.3 Å². The van der Waals surface area contributed by atoms with Gasteiger partial charge in [-0.1, -0.05) is 42.5 Å². The van der Waals surface area contributed by atoms with Gasteiger partial charge < -0.3 is 5.11 Å². The zero-order valence-electron chi connectivity index (χ0n) is 14.2. The van der Waals surface area contributed by atoms with Crippen molar-refractivity contribution in [2.75, 3.05) is 0 Å². The van der Waals surface area contributed by atoms with Gasteiger partial charge in [0.05, 0.1) is 5.57 Å². The second-order valence-corrected chi connectivity index (χ2v) is 6.58. The van der Waals surface area contributed by atoms with Crippen molar-refractivity contribution in [3.05, 3.63) is 59.4 Å². The molecule has 3 rings (SSSR count). The third-order valence-electron chi connectivity index (χ3n) is 4.33. The van der Waals surface area contributed by atoms with E-state index in [1.54, 1.807) is 0 Å². The molecule has 1 aliphatic carbocycles. The van der Waals surface area contributed by atoms with Crippen LogP contribution in [0.1, 0.15) is 38.7 Å². The molecule has 0 spiro atoms. The summed E-state index contributed by atoms with van der Waals surface area (Å²) in [5.41, 5.74) is 2.24. The lowest BCUT2D eigenvalue weighted by molar-refractivity contribution is -0.115. The Bertz CT molecular complexity index is 825. The molecule has 0 amide bonds. The van der Waals surface area contributed by atoms with E-state index in [1.807, 2.05) is 38.1 Å². The second-order valence-electron chi connectivity index (χ2n) is 6.58. The third-order valence-corrected chi connectivity index (χ3v) is 4.33. The minimum absolute atomic E-state index is 0.0124. The van der Waals surface area contributed by atoms with Crippen molar-refractivity contribution < 1.29 is 9.90 Å². The first-order valence-electron chi connectivity index (χ1n) is 8.55. The van der Waals surface area contributed by atoms with E-state index in [-0.39, 0.29) is 17.6 Å². The van der Waals surface area contributed by atoms with Gasteiger partial charge in [0, 0.05) is 24.6 Å². The predicted molar refractivity (Wildman–Crippen MR) is 98.7 cm³/mol. The number of benzene rings is 2. The van der Waals surface area contributed by atoms with Crippen LogP contribution in [0.2, 0.25) is 0 Å². The highest BCUT2D eigenvalue weighted by Crippen LogP contribution is 2.25. The van der Waals surface area contributed by atoms with Crippen LogP contribution in [-0.2, 0) is 11.2 Å². The second kappa shape index (κ2) is 7.00. The van der Waals surface area contributed by atoms with E-state index in [2.05, 4.69) is 23.2 Å². The Morgan fingerprint density at radius 1 is 1.12 bits per heavy atom. The van der Waals surface area contributed by atoms with Gasteiger partial charge in [-0.05, 0) is 43.0 Å². The molecule has 1 fully saturated rings. The van der Waals surface area contributed by atoms with Crippen LogP contribution >= 0.6 is 0 Å². The molecule has 0 aromatic heterocycles. The highest BCUT2D eigenvalue weighted by Gasteiger charge is 2.25. The van der Waals surface area contributed by atoms with Crippen LogP contribution in [-0.4, -0.2) is 22.6 Å². The summed E-state index contributed by atoms with van der Waals surface area (Å²) in [5, 5.41) is 13.0. The van der Waals surface area contributed by atoms with Crippen molar-refractivity contribution in [3.8, 4) is 0 Å². The lowest BCUT2D eigenvalue weighted by atomic mass is 9.88. The molecule has 3 heteroatoms. The fourth-order valence-corrected chi connectivity index (χ4v) is 3.31. The standard InChI is InChI=1S/C21H23NO2/c1-14(2)22-18-11-6-12-19(23)21(18)20(24)13-16-9-5-8-15-7-3-4-10-17(15)16/h3-5,7-10,14,24H,6,11-13H2,1-2H3. The molecule has 3 nitrogen and oxygen atoms in total. The zero-order valence-corrected chi connectivity index (χ0v) is 14.2. The minimum Gasteiger partial charge on any atom is -0.511 e. The fraction of sp³-hybridized carbons (Fsp3) is 0.333. The number of fused-ring (bicyclic) bond motifs is 1. The highest BCUT2D eigenvalue weighted by molar-refractivity contribution is 6.24. The van der Waals surface area contributed by atoms with E-state index in [0.29, 0.717) is 18.4 Å². The topological polar surface area (TPSA) is 49.7 Å². The van der Waals surface area contributed by atoms with Gasteiger partial charge in [-0.25, -0.2) is 0 Å². The van der Waals surface area contributed by atoms with Gasteiger partial charge >= 0.3 is 0 Å². The minimum atomic E-state index is 0.0124. The molecule has 1 saturated carbocycles. The number of carbonyl (C=O) groups is 1. The molecule has 0 unspecified atom stereocenters. The summed E-state index contributed by atoms with van der Waals surface area (Å²) < 4.78 is 0. The van der Waals surface area contributed by atoms with Crippen LogP contribution < -0.4 is 0 Å². The zero-order chi connectivity index (χ0) is 17.1. The Kier molecular flexibility index (Phi) is 4.79. The van der Waals surface area contributed by atoms with E-state index in [1.165, 1.54) is 0 Å². The van der Waals surface area contributed by atoms with E-state index in [0.717, 1.165) is 34.9 Å². The molecule has 0 bridgehead atoms. The smallest absolute Gasteiger partial charge is 0.168 e. The Morgan fingerprint density at radius 2 is 1.88 bits per heavy atom. The van der Waals surface area contributed by atoms with Gasteiger partial charge in [0.2, 0.25) is 0 Å². The summed E-state index contributed by atoms with van der Waals surface area (Å²) in [4.78, 5) is 17.0. The number of carbonyl (C=O) groups excluding carboxylic acids is 1. The number of rotatable bonds is 3. The normalized spacial score (nSPS) is 19.3. The maximum Gasteiger partial charge on any atom is 0.168 e. The molecule has 1 aliphatic rings. The number of nitrogens with zero attached hydrogens (tertiary/aromatic N) is 1. The van der Waals surface area contributed by atoms with Crippen molar-refractivity contribution in [3.63, 3.8) is 0 Å². The van der Waals surface area contributed by atoms with Gasteiger partial charge in [0.1, 0.15) is 5.76 Å². The maximum atomic E-state index is 12.4. The molecule has 124 valence electrons. The van der Waals surface area contributed by atoms with Crippen molar-refractivity contribution in [2.24, 2.45) is 4.99 Å². The molecular formula is C21H23NO2. The largest absolute Gasteiger partial charge is 0.511 e. The molecule has 0 atom stereocenters. The van der Waals surface area contributed by atoms with E-state index in [4.69, 9.17) is 0 Å². The number of aliphatic hydroxyl groups is 1.